The van der Waals surface area contributed by atoms with Gasteiger partial charge in [-0.1, -0.05) is 0 Å². The topological polar surface area (TPSA) is 0 Å². The molecule has 2 atom stereocenters. The van der Waals surface area contributed by atoms with Crippen LogP contribution in [0.3, 0.4) is 0 Å². The van der Waals surface area contributed by atoms with E-state index in [-0.39, 0.29) is 37.7 Å². The van der Waals surface area contributed by atoms with E-state index in [1.165, 1.54) is 11.8 Å². The Balaban J connectivity index is 0.000000167. The van der Waals surface area contributed by atoms with E-state index in [2.05, 4.69) is 0 Å². The molecule has 2 unspecified atom stereocenters. The summed E-state index contributed by atoms with van der Waals surface area (Å²) < 4.78 is 0. The van der Waals surface area contributed by atoms with Crippen LogP contribution in [0.25, 0.3) is 0 Å². The quantitative estimate of drug-likeness (QED) is 0.213. The summed E-state index contributed by atoms with van der Waals surface area (Å²) in [7, 11) is 0. The summed E-state index contributed by atoms with van der Waals surface area (Å²) in [5.41, 5.74) is 0. The second-order valence-electron chi connectivity index (χ2n) is 3.40. The number of hydrogen-bond acceptors (Lipinski definition) is 0. The molecular weight excluding hydrogens is 98.0 g/mol. The third kappa shape index (κ3) is 0.432. The maximum atomic E-state index is 1.97. The zero-order valence-corrected chi connectivity index (χ0v) is 6.02. The van der Waals surface area contributed by atoms with Crippen LogP contribution in [-0.2, 0) is 0 Å². The van der Waals surface area contributed by atoms with E-state index < -0.39 is 0 Å². The van der Waals surface area contributed by atoms with E-state index in [0.717, 1.165) is 11.8 Å². The minimum absolute atomic E-state index is 0. The fourth-order valence-electron chi connectivity index (χ4n) is 3.10. The molecule has 5 rings (SSSR count). The number of rotatable bonds is 0. The molecule has 0 amide bonds. The van der Waals surface area contributed by atoms with Crippen molar-refractivity contribution in [2.75, 3.05) is 0 Å². The maximum absolute atomic E-state index is 1.97. The molecule has 5 aliphatic carbocycles. The summed E-state index contributed by atoms with van der Waals surface area (Å²) in [5.74, 6) is 8.58. The van der Waals surface area contributed by atoms with Gasteiger partial charge in [0.25, 0.3) is 0 Å². The van der Waals surface area contributed by atoms with Crippen molar-refractivity contribution in [3.63, 3.8) is 0 Å². The van der Waals surface area contributed by atoms with Crippen molar-refractivity contribution < 1.29 is 37.7 Å². The van der Waals surface area contributed by atoms with Gasteiger partial charge >= 0.3 is 37.7 Å². The van der Waals surface area contributed by atoms with E-state index in [1.807, 2.05) is 11.8 Å². The Morgan fingerprint density at radius 3 is 1.44 bits per heavy atom. The fourth-order valence-corrected chi connectivity index (χ4v) is 3.10. The zero-order valence-electron chi connectivity index (χ0n) is 6.02. The largest absolute Gasteiger partial charge is 1.00 e. The van der Waals surface area contributed by atoms with Crippen molar-refractivity contribution in [2.45, 2.75) is 6.42 Å². The zero-order chi connectivity index (χ0) is 4.17. The van der Waals surface area contributed by atoms with Gasteiger partial charge in [-0.05, 0) is 0 Å². The van der Waals surface area contributed by atoms with Gasteiger partial charge in [0.15, 0.2) is 0 Å². The molecule has 5 fully saturated rings. The monoisotopic (exact) mass is 104 g/mol. The summed E-state index contributed by atoms with van der Waals surface area (Å²) in [6, 6.07) is 0. The summed E-state index contributed by atoms with van der Waals surface area (Å²) in [6.45, 7) is 0. The molecule has 0 N–H and O–H groups in total. The van der Waals surface area contributed by atoms with Gasteiger partial charge in [-0.25, -0.2) is 11.8 Å². The molecule has 5 aliphatic rings. The Kier molecular flexibility index (Phi) is 1.16. The Morgan fingerprint density at radius 1 is 0.889 bits per heavy atom. The summed E-state index contributed by atoms with van der Waals surface area (Å²) in [5, 5.41) is 0. The molecule has 0 saturated heterocycles. The normalized spacial score (nSPS) is 62.7. The maximum Gasteiger partial charge on any atom is 1.00 e. The van der Waals surface area contributed by atoms with Crippen LogP contribution < -0.4 is 37.7 Å². The predicted molar refractivity (Wildman–Crippen MR) is 25.1 cm³/mol. The van der Waals surface area contributed by atoms with Crippen molar-refractivity contribution in [1.82, 2.24) is 0 Å². The van der Waals surface area contributed by atoms with Gasteiger partial charge < -0.3 is 23.7 Å². The molecule has 36 valence electrons. The molecule has 0 nitrogen and oxygen atoms in total. The van der Waals surface area contributed by atoms with Gasteiger partial charge in [0.2, 0.25) is 0 Å². The molecule has 0 aliphatic heterocycles. The third-order valence-electron chi connectivity index (χ3n) is 3.39. The van der Waals surface area contributed by atoms with Crippen LogP contribution in [0.4, 0.5) is 0 Å². The van der Waals surface area contributed by atoms with Crippen LogP contribution in [0.5, 0.6) is 0 Å². The Bertz CT molecular complexity index is 107. The molecule has 0 aromatic heterocycles. The summed E-state index contributed by atoms with van der Waals surface area (Å²) in [6.07, 6.45) is 1.58. The van der Waals surface area contributed by atoms with Gasteiger partial charge in [0.1, 0.15) is 0 Å². The summed E-state index contributed by atoms with van der Waals surface area (Å²) >= 11 is 0. The average Bonchev–Trinajstić information content (AvgIpc) is 2.18. The van der Waals surface area contributed by atoms with Crippen LogP contribution in [0.2, 0.25) is 0 Å². The third-order valence-corrected chi connectivity index (χ3v) is 3.39. The van der Waals surface area contributed by atoms with Crippen molar-refractivity contribution >= 4 is 0 Å². The Hall–Kier alpha value is 1.19. The molecule has 9 heavy (non-hydrogen) atoms. The van der Waals surface area contributed by atoms with Crippen molar-refractivity contribution in [1.29, 1.82) is 0 Å². The molecule has 0 radical (unpaired) electrons. The first-order chi connectivity index (χ1) is 3.48. The fraction of sp³-hybridized carbons (Fsp3) is 0.714. The minimum Gasteiger partial charge on any atom is -0.371 e. The van der Waals surface area contributed by atoms with Crippen LogP contribution >= 0.6 is 0 Å². The first-order valence-electron chi connectivity index (χ1n) is 3.22. The first-order valence-corrected chi connectivity index (χ1v) is 3.22. The first kappa shape index (κ1) is 6.88. The average molecular weight is 104 g/mol. The molecule has 2 heteroatoms. The van der Waals surface area contributed by atoms with E-state index in [4.69, 9.17) is 0 Å². The molecule has 0 aromatic rings. The van der Waals surface area contributed by atoms with E-state index in [9.17, 15) is 0 Å². The Labute approximate surface area is 79.5 Å². The van der Waals surface area contributed by atoms with Gasteiger partial charge in [0, 0.05) is 0 Å². The molecule has 0 aromatic carbocycles. The predicted octanol–water partition coefficient (Wildman–Crippen LogP) is -4.95. The Morgan fingerprint density at radius 2 is 1.33 bits per heavy atom. The van der Waals surface area contributed by atoms with Crippen LogP contribution in [0.1, 0.15) is 6.42 Å². The number of hydrogen-bond donors (Lipinski definition) is 0. The van der Waals surface area contributed by atoms with Crippen LogP contribution in [0, 0.1) is 35.5 Å². The second kappa shape index (κ2) is 1.51. The van der Waals surface area contributed by atoms with Crippen LogP contribution in [0.15, 0.2) is 0 Å². The molecule has 5 saturated carbocycles. The van der Waals surface area contributed by atoms with Gasteiger partial charge in [0.05, 0.1) is 0 Å². The van der Waals surface area contributed by atoms with Gasteiger partial charge in [-0.2, -0.15) is 0 Å². The molecule has 0 heterocycles. The second-order valence-corrected chi connectivity index (χ2v) is 3.40. The van der Waals surface area contributed by atoms with Crippen molar-refractivity contribution in [3.05, 3.63) is 11.8 Å². The standard InChI is InChI=1S/C7H6.2Li/c1-2-4-5(2)7-3(1)6(4)7;;/h2-4,7H,1H2;;/q-2;2*+1. The molecule has 0 spiro atoms. The van der Waals surface area contributed by atoms with E-state index in [1.54, 1.807) is 6.42 Å². The van der Waals surface area contributed by atoms with Crippen molar-refractivity contribution in [2.24, 2.45) is 23.7 Å². The molecule has 2 bridgehead atoms. The van der Waals surface area contributed by atoms with Gasteiger partial charge in [-0.3, -0.25) is 0 Å². The van der Waals surface area contributed by atoms with Gasteiger partial charge in [-0.15, -0.1) is 6.42 Å². The summed E-state index contributed by atoms with van der Waals surface area (Å²) in [4.78, 5) is 0. The SMILES string of the molecule is C1C2[C-]3C2[C-]2C1C32.[Li+].[Li+]. The van der Waals surface area contributed by atoms with E-state index in [0.29, 0.717) is 0 Å². The minimum atomic E-state index is 0. The van der Waals surface area contributed by atoms with Crippen molar-refractivity contribution in [3.8, 4) is 0 Å². The molecular formula is C7H6Li2. The van der Waals surface area contributed by atoms with Crippen LogP contribution in [-0.4, -0.2) is 0 Å². The smallest absolute Gasteiger partial charge is 0.371 e. The van der Waals surface area contributed by atoms with E-state index >= 15 is 0 Å².